The smallest absolute Gasteiger partial charge is 0.160 e. The first kappa shape index (κ1) is 18.4. The first-order chi connectivity index (χ1) is 14.7. The molecule has 3 nitrogen and oxygen atoms in total. The molecule has 5 heteroatoms. The fourth-order valence-electron chi connectivity index (χ4n) is 3.46. The quantitative estimate of drug-likeness (QED) is 0.327. The van der Waals surface area contributed by atoms with Crippen LogP contribution in [0.1, 0.15) is 0 Å². The van der Waals surface area contributed by atoms with Gasteiger partial charge in [-0.3, -0.25) is 4.98 Å². The minimum absolute atomic E-state index is 0.338. The van der Waals surface area contributed by atoms with Gasteiger partial charge in [0.05, 0.1) is 11.4 Å². The summed E-state index contributed by atoms with van der Waals surface area (Å²) in [5.41, 5.74) is 5.07. The van der Waals surface area contributed by atoms with Gasteiger partial charge in [-0.1, -0.05) is 48.0 Å². The molecule has 3 heterocycles. The van der Waals surface area contributed by atoms with E-state index in [1.807, 2.05) is 66.9 Å². The van der Waals surface area contributed by atoms with E-state index in [9.17, 15) is 4.39 Å². The topological polar surface area (TPSA) is 38.7 Å². The molecule has 144 valence electrons. The number of hydrogen-bond donors (Lipinski definition) is 0. The lowest BCUT2D eigenvalue weighted by molar-refractivity contribution is 0.631. The Labute approximate surface area is 177 Å². The van der Waals surface area contributed by atoms with Gasteiger partial charge in [-0.25, -0.2) is 14.4 Å². The van der Waals surface area contributed by atoms with Crippen LogP contribution in [-0.2, 0) is 0 Å². The SMILES string of the molecule is Fc1ccc(Cl)cc1-c1cc(-c2ccc(-c3ccccc3)nc2)c2cccnc2n1. The first-order valence-electron chi connectivity index (χ1n) is 9.42. The molecule has 0 aliphatic rings. The maximum absolute atomic E-state index is 14.5. The zero-order valence-corrected chi connectivity index (χ0v) is 16.5. The molecule has 0 radical (unpaired) electrons. The van der Waals surface area contributed by atoms with Crippen molar-refractivity contribution in [3.8, 4) is 33.6 Å². The van der Waals surface area contributed by atoms with Gasteiger partial charge >= 0.3 is 0 Å². The Balaban J connectivity index is 1.68. The zero-order valence-electron chi connectivity index (χ0n) is 15.8. The van der Waals surface area contributed by atoms with Crippen LogP contribution in [0.25, 0.3) is 44.7 Å². The molecule has 0 unspecified atom stereocenters. The van der Waals surface area contributed by atoms with Gasteiger partial charge in [0.25, 0.3) is 0 Å². The number of nitrogens with zero attached hydrogens (tertiary/aromatic N) is 3. The van der Waals surface area contributed by atoms with E-state index in [2.05, 4.69) is 15.0 Å². The Morgan fingerprint density at radius 1 is 0.700 bits per heavy atom. The molecule has 0 saturated heterocycles. The minimum atomic E-state index is -0.384. The summed E-state index contributed by atoms with van der Waals surface area (Å²) >= 11 is 6.10. The molecular formula is C25H15ClFN3. The first-order valence-corrected chi connectivity index (χ1v) is 9.80. The lowest BCUT2D eigenvalue weighted by Gasteiger charge is -2.11. The summed E-state index contributed by atoms with van der Waals surface area (Å²) in [6, 6.07) is 24.1. The summed E-state index contributed by atoms with van der Waals surface area (Å²) in [7, 11) is 0. The van der Waals surface area contributed by atoms with Crippen LogP contribution in [0.15, 0.2) is 91.3 Å². The van der Waals surface area contributed by atoms with Crippen molar-refractivity contribution in [1.82, 2.24) is 15.0 Å². The normalized spacial score (nSPS) is 11.0. The Bertz CT molecular complexity index is 1350. The molecule has 2 aromatic carbocycles. The number of benzene rings is 2. The van der Waals surface area contributed by atoms with E-state index in [1.165, 1.54) is 12.1 Å². The molecule has 0 bridgehead atoms. The van der Waals surface area contributed by atoms with Gasteiger partial charge in [0.15, 0.2) is 5.65 Å². The Hall–Kier alpha value is -3.63. The van der Waals surface area contributed by atoms with Gasteiger partial charge < -0.3 is 0 Å². The summed E-state index contributed by atoms with van der Waals surface area (Å²) in [6.45, 7) is 0. The second kappa shape index (κ2) is 7.65. The highest BCUT2D eigenvalue weighted by Gasteiger charge is 2.14. The molecule has 0 atom stereocenters. The van der Waals surface area contributed by atoms with E-state index in [-0.39, 0.29) is 5.82 Å². The molecule has 0 amide bonds. The second-order valence-corrected chi connectivity index (χ2v) is 7.29. The summed E-state index contributed by atoms with van der Waals surface area (Å²) < 4.78 is 14.5. The van der Waals surface area contributed by atoms with Gasteiger partial charge in [-0.15, -0.1) is 0 Å². The third-order valence-electron chi connectivity index (χ3n) is 4.93. The second-order valence-electron chi connectivity index (χ2n) is 6.85. The average molecular weight is 412 g/mol. The van der Waals surface area contributed by atoms with E-state index in [4.69, 9.17) is 11.6 Å². The summed E-state index contributed by atoms with van der Waals surface area (Å²) in [4.78, 5) is 13.6. The number of hydrogen-bond acceptors (Lipinski definition) is 3. The molecular weight excluding hydrogens is 397 g/mol. The largest absolute Gasteiger partial charge is 0.256 e. The van der Waals surface area contributed by atoms with Crippen LogP contribution in [-0.4, -0.2) is 15.0 Å². The zero-order chi connectivity index (χ0) is 20.5. The van der Waals surface area contributed by atoms with Gasteiger partial charge in [0, 0.05) is 39.5 Å². The predicted molar refractivity (Wildman–Crippen MR) is 119 cm³/mol. The van der Waals surface area contributed by atoms with Crippen molar-refractivity contribution < 1.29 is 4.39 Å². The van der Waals surface area contributed by atoms with Crippen molar-refractivity contribution in [3.63, 3.8) is 0 Å². The van der Waals surface area contributed by atoms with Gasteiger partial charge in [-0.2, -0.15) is 0 Å². The van der Waals surface area contributed by atoms with Crippen molar-refractivity contribution >= 4 is 22.6 Å². The number of fused-ring (bicyclic) bond motifs is 1. The van der Waals surface area contributed by atoms with E-state index in [0.717, 1.165) is 27.8 Å². The fraction of sp³-hybridized carbons (Fsp3) is 0. The standard InChI is InChI=1S/C25H15ClFN3/c26-18-9-10-22(27)21(13-18)24-14-20(19-7-4-12-28-25(19)30-24)17-8-11-23(29-15-17)16-5-2-1-3-6-16/h1-15H. The number of rotatable bonds is 3. The minimum Gasteiger partial charge on any atom is -0.256 e. The van der Waals surface area contributed by atoms with Crippen LogP contribution >= 0.6 is 11.6 Å². The highest BCUT2D eigenvalue weighted by atomic mass is 35.5. The van der Waals surface area contributed by atoms with Crippen LogP contribution < -0.4 is 0 Å². The monoisotopic (exact) mass is 411 g/mol. The van der Waals surface area contributed by atoms with Crippen molar-refractivity contribution in [2.24, 2.45) is 0 Å². The third kappa shape index (κ3) is 3.42. The fourth-order valence-corrected chi connectivity index (χ4v) is 3.63. The van der Waals surface area contributed by atoms with E-state index in [0.29, 0.717) is 21.9 Å². The van der Waals surface area contributed by atoms with Crippen LogP contribution in [0.2, 0.25) is 5.02 Å². The van der Waals surface area contributed by atoms with Gasteiger partial charge in [0.2, 0.25) is 0 Å². The molecule has 0 fully saturated rings. The van der Waals surface area contributed by atoms with Crippen molar-refractivity contribution in [2.75, 3.05) is 0 Å². The Kier molecular flexibility index (Phi) is 4.69. The lowest BCUT2D eigenvalue weighted by Crippen LogP contribution is -1.94. The number of aromatic nitrogens is 3. The summed E-state index contributed by atoms with van der Waals surface area (Å²) in [6.07, 6.45) is 3.50. The summed E-state index contributed by atoms with van der Waals surface area (Å²) in [5, 5.41) is 1.32. The molecule has 0 saturated carbocycles. The summed E-state index contributed by atoms with van der Waals surface area (Å²) in [5.74, 6) is -0.384. The highest BCUT2D eigenvalue weighted by Crippen LogP contribution is 2.33. The van der Waals surface area contributed by atoms with Crippen molar-refractivity contribution in [3.05, 3.63) is 102 Å². The van der Waals surface area contributed by atoms with Gasteiger partial charge in [0.1, 0.15) is 5.82 Å². The molecule has 0 aliphatic heterocycles. The molecule has 0 N–H and O–H groups in total. The third-order valence-corrected chi connectivity index (χ3v) is 5.17. The van der Waals surface area contributed by atoms with E-state index >= 15 is 0 Å². The van der Waals surface area contributed by atoms with Crippen molar-refractivity contribution in [1.29, 1.82) is 0 Å². The number of pyridine rings is 3. The van der Waals surface area contributed by atoms with Gasteiger partial charge in [-0.05, 0) is 48.0 Å². The van der Waals surface area contributed by atoms with Crippen LogP contribution in [0.4, 0.5) is 4.39 Å². The Morgan fingerprint density at radius 3 is 2.37 bits per heavy atom. The van der Waals surface area contributed by atoms with Crippen molar-refractivity contribution in [2.45, 2.75) is 0 Å². The van der Waals surface area contributed by atoms with E-state index < -0.39 is 0 Å². The van der Waals surface area contributed by atoms with Crippen LogP contribution in [0, 0.1) is 5.82 Å². The molecule has 5 aromatic rings. The molecule has 0 aliphatic carbocycles. The van der Waals surface area contributed by atoms with Crippen LogP contribution in [0.3, 0.4) is 0 Å². The molecule has 3 aromatic heterocycles. The molecule has 5 rings (SSSR count). The molecule has 30 heavy (non-hydrogen) atoms. The highest BCUT2D eigenvalue weighted by molar-refractivity contribution is 6.30. The van der Waals surface area contributed by atoms with E-state index in [1.54, 1.807) is 12.3 Å². The average Bonchev–Trinajstić information content (AvgIpc) is 2.80. The lowest BCUT2D eigenvalue weighted by atomic mass is 10.00. The Morgan fingerprint density at radius 2 is 1.57 bits per heavy atom. The predicted octanol–water partition coefficient (Wildman–Crippen LogP) is 6.82. The number of halogens is 2. The van der Waals surface area contributed by atoms with Crippen LogP contribution in [0.5, 0.6) is 0 Å². The maximum Gasteiger partial charge on any atom is 0.160 e. The molecule has 0 spiro atoms. The maximum atomic E-state index is 14.5.